The Hall–Kier alpha value is -1.68. The van der Waals surface area contributed by atoms with Gasteiger partial charge in [0.15, 0.2) is 0 Å². The highest BCUT2D eigenvalue weighted by Gasteiger charge is 2.01. The van der Waals surface area contributed by atoms with Crippen LogP contribution in [0.5, 0.6) is 0 Å². The van der Waals surface area contributed by atoms with Crippen LogP contribution in [0.3, 0.4) is 0 Å². The van der Waals surface area contributed by atoms with Crippen molar-refractivity contribution < 1.29 is 4.39 Å². The van der Waals surface area contributed by atoms with Gasteiger partial charge in [0.2, 0.25) is 0 Å². The number of halogens is 2. The van der Waals surface area contributed by atoms with Crippen molar-refractivity contribution in [2.75, 3.05) is 5.43 Å². The van der Waals surface area contributed by atoms with E-state index in [1.54, 1.807) is 18.3 Å². The molecule has 0 unspecified atom stereocenters. The summed E-state index contributed by atoms with van der Waals surface area (Å²) in [6, 6.07) is 14.4. The van der Waals surface area contributed by atoms with Crippen LogP contribution in [-0.4, -0.2) is 6.21 Å². The SMILES string of the molecule is Fc1cccc(C=NNc2ccccc2)c1Br. The number of nitrogens with zero attached hydrogens (tertiary/aromatic N) is 1. The van der Waals surface area contributed by atoms with Gasteiger partial charge in [-0.1, -0.05) is 30.3 Å². The summed E-state index contributed by atoms with van der Waals surface area (Å²) in [5.74, 6) is -0.298. The van der Waals surface area contributed by atoms with Crippen molar-refractivity contribution in [3.8, 4) is 0 Å². The Balaban J connectivity index is 2.09. The summed E-state index contributed by atoms with van der Waals surface area (Å²) in [6.45, 7) is 0. The van der Waals surface area contributed by atoms with Gasteiger partial charge in [-0.05, 0) is 34.1 Å². The third kappa shape index (κ3) is 3.14. The molecule has 0 fully saturated rings. The molecular formula is C13H10BrFN2. The molecule has 0 aromatic heterocycles. The maximum atomic E-state index is 13.2. The number of hydrogen-bond donors (Lipinski definition) is 1. The van der Waals surface area contributed by atoms with Crippen LogP contribution in [0.2, 0.25) is 0 Å². The Bertz CT molecular complexity index is 526. The number of rotatable bonds is 3. The zero-order chi connectivity index (χ0) is 12.1. The topological polar surface area (TPSA) is 24.4 Å². The standard InChI is InChI=1S/C13H10BrFN2/c14-13-10(5-4-8-12(13)15)9-16-17-11-6-2-1-3-7-11/h1-9,17H. The molecule has 0 aliphatic carbocycles. The maximum Gasteiger partial charge on any atom is 0.138 e. The van der Waals surface area contributed by atoms with Crippen molar-refractivity contribution in [1.82, 2.24) is 0 Å². The molecule has 2 nitrogen and oxygen atoms in total. The molecule has 0 aliphatic rings. The van der Waals surface area contributed by atoms with E-state index in [4.69, 9.17) is 0 Å². The maximum absolute atomic E-state index is 13.2. The lowest BCUT2D eigenvalue weighted by Gasteiger charge is -2.00. The fourth-order valence-electron chi connectivity index (χ4n) is 1.31. The summed E-state index contributed by atoms with van der Waals surface area (Å²) in [6.07, 6.45) is 1.57. The quantitative estimate of drug-likeness (QED) is 0.670. The lowest BCUT2D eigenvalue weighted by Crippen LogP contribution is -1.92. The highest BCUT2D eigenvalue weighted by atomic mass is 79.9. The van der Waals surface area contributed by atoms with Crippen LogP contribution in [0, 0.1) is 5.82 Å². The zero-order valence-electron chi connectivity index (χ0n) is 8.90. The average Bonchev–Trinajstić information content (AvgIpc) is 2.36. The molecule has 0 amide bonds. The lowest BCUT2D eigenvalue weighted by molar-refractivity contribution is 0.621. The van der Waals surface area contributed by atoms with E-state index in [0.717, 1.165) is 5.69 Å². The largest absolute Gasteiger partial charge is 0.279 e. The summed E-state index contributed by atoms with van der Waals surface area (Å²) in [7, 11) is 0. The average molecular weight is 293 g/mol. The first kappa shape index (κ1) is 11.8. The van der Waals surface area contributed by atoms with Gasteiger partial charge in [-0.15, -0.1) is 0 Å². The van der Waals surface area contributed by atoms with Crippen molar-refractivity contribution >= 4 is 27.8 Å². The number of benzene rings is 2. The number of nitrogens with one attached hydrogen (secondary N) is 1. The fraction of sp³-hybridized carbons (Fsp3) is 0. The van der Waals surface area contributed by atoms with Crippen LogP contribution in [0.15, 0.2) is 58.1 Å². The molecule has 17 heavy (non-hydrogen) atoms. The second-order valence-corrected chi connectivity index (χ2v) is 4.17. The Labute approximate surface area is 107 Å². The van der Waals surface area contributed by atoms with Crippen LogP contribution >= 0.6 is 15.9 Å². The molecule has 86 valence electrons. The van der Waals surface area contributed by atoms with Gasteiger partial charge in [0.1, 0.15) is 5.82 Å². The molecule has 0 spiro atoms. The minimum atomic E-state index is -0.298. The second-order valence-electron chi connectivity index (χ2n) is 3.38. The predicted molar refractivity (Wildman–Crippen MR) is 71.8 cm³/mol. The molecule has 0 bridgehead atoms. The van der Waals surface area contributed by atoms with Crippen LogP contribution in [-0.2, 0) is 0 Å². The molecule has 0 aliphatic heterocycles. The first-order valence-corrected chi connectivity index (χ1v) is 5.85. The van der Waals surface area contributed by atoms with Crippen molar-refractivity contribution in [2.45, 2.75) is 0 Å². The zero-order valence-corrected chi connectivity index (χ0v) is 10.5. The third-order valence-corrected chi connectivity index (χ3v) is 2.99. The van der Waals surface area contributed by atoms with Crippen LogP contribution in [0.25, 0.3) is 0 Å². The van der Waals surface area contributed by atoms with Gasteiger partial charge in [-0.2, -0.15) is 5.10 Å². The molecule has 4 heteroatoms. The number of para-hydroxylation sites is 1. The van der Waals surface area contributed by atoms with E-state index in [-0.39, 0.29) is 5.82 Å². The predicted octanol–water partition coefficient (Wildman–Crippen LogP) is 4.03. The molecule has 0 saturated heterocycles. The number of hydrogen-bond acceptors (Lipinski definition) is 2. The smallest absolute Gasteiger partial charge is 0.138 e. The normalized spacial score (nSPS) is 10.7. The molecule has 1 N–H and O–H groups in total. The van der Waals surface area contributed by atoms with Crippen molar-refractivity contribution in [3.05, 3.63) is 64.4 Å². The van der Waals surface area contributed by atoms with Crippen molar-refractivity contribution in [1.29, 1.82) is 0 Å². The third-order valence-electron chi connectivity index (χ3n) is 2.15. The summed E-state index contributed by atoms with van der Waals surface area (Å²) >= 11 is 3.17. The Morgan fingerprint density at radius 1 is 1.06 bits per heavy atom. The minimum Gasteiger partial charge on any atom is -0.279 e. The highest BCUT2D eigenvalue weighted by Crippen LogP contribution is 2.18. The van der Waals surface area contributed by atoms with Crippen LogP contribution in [0.1, 0.15) is 5.56 Å². The molecule has 0 atom stereocenters. The minimum absolute atomic E-state index is 0.298. The molecule has 2 rings (SSSR count). The van der Waals surface area contributed by atoms with E-state index in [1.807, 2.05) is 30.3 Å². The monoisotopic (exact) mass is 292 g/mol. The van der Waals surface area contributed by atoms with Gasteiger partial charge < -0.3 is 0 Å². The van der Waals surface area contributed by atoms with Gasteiger partial charge in [0.05, 0.1) is 16.4 Å². The second kappa shape index (κ2) is 5.59. The van der Waals surface area contributed by atoms with Gasteiger partial charge in [-0.25, -0.2) is 4.39 Å². The van der Waals surface area contributed by atoms with Crippen LogP contribution < -0.4 is 5.43 Å². The Morgan fingerprint density at radius 2 is 1.82 bits per heavy atom. The van der Waals surface area contributed by atoms with Crippen molar-refractivity contribution in [2.24, 2.45) is 5.10 Å². The summed E-state index contributed by atoms with van der Waals surface area (Å²) in [4.78, 5) is 0. The van der Waals surface area contributed by atoms with E-state index in [0.29, 0.717) is 10.0 Å². The van der Waals surface area contributed by atoms with Gasteiger partial charge in [0.25, 0.3) is 0 Å². The van der Waals surface area contributed by atoms with Gasteiger partial charge >= 0.3 is 0 Å². The van der Waals surface area contributed by atoms with Crippen molar-refractivity contribution in [3.63, 3.8) is 0 Å². The first-order valence-electron chi connectivity index (χ1n) is 5.05. The molecule has 2 aromatic rings. The Morgan fingerprint density at radius 3 is 2.59 bits per heavy atom. The fourth-order valence-corrected chi connectivity index (χ4v) is 1.68. The van der Waals surface area contributed by atoms with E-state index in [9.17, 15) is 4.39 Å². The first-order chi connectivity index (χ1) is 8.27. The van der Waals surface area contributed by atoms with Gasteiger partial charge in [-0.3, -0.25) is 5.43 Å². The van der Waals surface area contributed by atoms with E-state index < -0.39 is 0 Å². The molecular weight excluding hydrogens is 283 g/mol. The summed E-state index contributed by atoms with van der Waals surface area (Å²) in [5, 5.41) is 4.04. The molecule has 0 heterocycles. The van der Waals surface area contributed by atoms with Gasteiger partial charge in [0, 0.05) is 5.56 Å². The van der Waals surface area contributed by atoms with E-state index in [1.165, 1.54) is 6.07 Å². The molecule has 2 aromatic carbocycles. The number of hydrazone groups is 1. The molecule has 0 saturated carbocycles. The van der Waals surface area contributed by atoms with E-state index in [2.05, 4.69) is 26.5 Å². The van der Waals surface area contributed by atoms with E-state index >= 15 is 0 Å². The van der Waals surface area contributed by atoms with Crippen LogP contribution in [0.4, 0.5) is 10.1 Å². The Kier molecular flexibility index (Phi) is 3.88. The highest BCUT2D eigenvalue weighted by molar-refractivity contribution is 9.10. The lowest BCUT2D eigenvalue weighted by atomic mass is 10.2. The summed E-state index contributed by atoms with van der Waals surface area (Å²) < 4.78 is 13.6. The number of anilines is 1. The summed E-state index contributed by atoms with van der Waals surface area (Å²) in [5.41, 5.74) is 4.44. The molecule has 0 radical (unpaired) electrons.